The van der Waals surface area contributed by atoms with Gasteiger partial charge in [0.05, 0.1) is 23.4 Å². The number of aromatic nitrogens is 3. The third kappa shape index (κ3) is 5.70. The number of carbonyl (C=O) groups is 1. The van der Waals surface area contributed by atoms with Crippen LogP contribution in [0.2, 0.25) is 0 Å². The molecule has 0 fully saturated rings. The van der Waals surface area contributed by atoms with Gasteiger partial charge in [-0.25, -0.2) is 14.8 Å². The minimum absolute atomic E-state index is 0.0791. The number of aryl methyl sites for hydroxylation is 1. The Morgan fingerprint density at radius 2 is 1.81 bits per heavy atom. The van der Waals surface area contributed by atoms with Crippen LogP contribution < -0.4 is 20.5 Å². The SMILES string of the molecule is CCOC(=O)c1c(NCc2ccccc2OCOC)c2c(C)ncnc2n(OCc2ccccc2)c1=O. The van der Waals surface area contributed by atoms with Crippen LogP contribution >= 0.6 is 0 Å². The van der Waals surface area contributed by atoms with E-state index in [1.807, 2.05) is 54.6 Å². The van der Waals surface area contributed by atoms with Crippen molar-refractivity contribution in [2.45, 2.75) is 27.0 Å². The summed E-state index contributed by atoms with van der Waals surface area (Å²) >= 11 is 0. The number of ether oxygens (including phenoxy) is 3. The van der Waals surface area contributed by atoms with Gasteiger partial charge in [0.15, 0.2) is 18.0 Å². The number of methoxy groups -OCH3 is 1. The maximum Gasteiger partial charge on any atom is 0.346 e. The third-order valence-corrected chi connectivity index (χ3v) is 5.55. The fourth-order valence-corrected chi connectivity index (χ4v) is 3.84. The predicted molar refractivity (Wildman–Crippen MR) is 137 cm³/mol. The number of carbonyl (C=O) groups excluding carboxylic acids is 1. The molecule has 0 aliphatic heterocycles. The summed E-state index contributed by atoms with van der Waals surface area (Å²) in [6.07, 6.45) is 1.35. The van der Waals surface area contributed by atoms with Gasteiger partial charge in [0, 0.05) is 19.2 Å². The van der Waals surface area contributed by atoms with E-state index in [4.69, 9.17) is 19.0 Å². The van der Waals surface area contributed by atoms with E-state index < -0.39 is 11.5 Å². The lowest BCUT2D eigenvalue weighted by Crippen LogP contribution is -2.34. The number of benzene rings is 2. The molecule has 4 aromatic rings. The summed E-state index contributed by atoms with van der Waals surface area (Å²) in [6.45, 7) is 3.95. The van der Waals surface area contributed by atoms with E-state index in [2.05, 4.69) is 15.3 Å². The molecule has 2 heterocycles. The molecule has 0 aliphatic rings. The summed E-state index contributed by atoms with van der Waals surface area (Å²) in [5, 5.41) is 3.71. The topological polar surface area (TPSA) is 114 Å². The van der Waals surface area contributed by atoms with Crippen molar-refractivity contribution in [3.05, 3.63) is 93.7 Å². The number of nitrogens with one attached hydrogen (secondary N) is 1. The van der Waals surface area contributed by atoms with Crippen LogP contribution in [0.25, 0.3) is 11.0 Å². The zero-order chi connectivity index (χ0) is 26.2. The Labute approximate surface area is 213 Å². The van der Waals surface area contributed by atoms with Gasteiger partial charge in [-0.3, -0.25) is 4.79 Å². The molecule has 0 atom stereocenters. The average Bonchev–Trinajstić information content (AvgIpc) is 2.91. The second-order valence-electron chi connectivity index (χ2n) is 8.00. The van der Waals surface area contributed by atoms with Crippen molar-refractivity contribution >= 4 is 22.7 Å². The van der Waals surface area contributed by atoms with Crippen LogP contribution in [0.15, 0.2) is 65.7 Å². The molecule has 192 valence electrons. The first-order valence-corrected chi connectivity index (χ1v) is 11.7. The number of esters is 1. The highest BCUT2D eigenvalue weighted by Gasteiger charge is 2.26. The van der Waals surface area contributed by atoms with Gasteiger partial charge in [-0.1, -0.05) is 48.5 Å². The van der Waals surface area contributed by atoms with Crippen LogP contribution in [-0.2, 0) is 22.6 Å². The van der Waals surface area contributed by atoms with Crippen molar-refractivity contribution in [1.29, 1.82) is 0 Å². The van der Waals surface area contributed by atoms with Crippen LogP contribution in [0.1, 0.15) is 34.1 Å². The fourth-order valence-electron chi connectivity index (χ4n) is 3.84. The maximum absolute atomic E-state index is 13.7. The smallest absolute Gasteiger partial charge is 0.346 e. The Morgan fingerprint density at radius 1 is 1.05 bits per heavy atom. The number of fused-ring (bicyclic) bond motifs is 1. The first-order chi connectivity index (χ1) is 18.0. The predicted octanol–water partition coefficient (Wildman–Crippen LogP) is 3.50. The van der Waals surface area contributed by atoms with E-state index in [0.717, 1.165) is 15.9 Å². The van der Waals surface area contributed by atoms with E-state index in [1.165, 1.54) is 13.4 Å². The van der Waals surface area contributed by atoms with Gasteiger partial charge in [-0.05, 0) is 25.5 Å². The molecule has 10 nitrogen and oxygen atoms in total. The normalized spacial score (nSPS) is 10.8. The quantitative estimate of drug-likeness (QED) is 0.242. The maximum atomic E-state index is 13.7. The van der Waals surface area contributed by atoms with Crippen LogP contribution in [-0.4, -0.2) is 41.2 Å². The Hall–Kier alpha value is -4.44. The fraction of sp³-hybridized carbons (Fsp3) is 0.259. The summed E-state index contributed by atoms with van der Waals surface area (Å²) in [4.78, 5) is 41.3. The highest BCUT2D eigenvalue weighted by molar-refractivity contribution is 6.04. The number of hydrogen-bond donors (Lipinski definition) is 1. The largest absolute Gasteiger partial charge is 0.467 e. The van der Waals surface area contributed by atoms with Gasteiger partial charge >= 0.3 is 11.5 Å². The highest BCUT2D eigenvalue weighted by atomic mass is 16.7. The Bertz CT molecular complexity index is 1440. The van der Waals surface area contributed by atoms with E-state index in [9.17, 15) is 9.59 Å². The van der Waals surface area contributed by atoms with Gasteiger partial charge in [0.2, 0.25) is 0 Å². The van der Waals surface area contributed by atoms with Gasteiger partial charge in [-0.15, -0.1) is 4.73 Å². The molecule has 1 N–H and O–H groups in total. The summed E-state index contributed by atoms with van der Waals surface area (Å²) in [6, 6.07) is 16.8. The molecule has 2 aromatic carbocycles. The van der Waals surface area contributed by atoms with Crippen molar-refractivity contribution in [2.24, 2.45) is 0 Å². The minimum Gasteiger partial charge on any atom is -0.467 e. The van der Waals surface area contributed by atoms with Gasteiger partial charge in [0.25, 0.3) is 0 Å². The zero-order valence-corrected chi connectivity index (χ0v) is 20.9. The average molecular weight is 505 g/mol. The lowest BCUT2D eigenvalue weighted by atomic mass is 10.1. The van der Waals surface area contributed by atoms with Crippen LogP contribution in [0.4, 0.5) is 5.69 Å². The molecule has 0 aliphatic carbocycles. The third-order valence-electron chi connectivity index (χ3n) is 5.55. The number of pyridine rings is 1. The van der Waals surface area contributed by atoms with Gasteiger partial charge < -0.3 is 24.4 Å². The minimum atomic E-state index is -0.777. The Balaban J connectivity index is 1.82. The number of rotatable bonds is 11. The molecule has 4 rings (SSSR count). The number of nitrogens with zero attached hydrogens (tertiary/aromatic N) is 3. The number of hydrogen-bond acceptors (Lipinski definition) is 9. The van der Waals surface area contributed by atoms with E-state index in [1.54, 1.807) is 13.8 Å². The summed E-state index contributed by atoms with van der Waals surface area (Å²) in [5.74, 6) is -0.174. The molecule has 0 saturated carbocycles. The molecule has 10 heteroatoms. The monoisotopic (exact) mass is 504 g/mol. The number of anilines is 1. The second-order valence-corrected chi connectivity index (χ2v) is 8.00. The summed E-state index contributed by atoms with van der Waals surface area (Å²) < 4.78 is 17.0. The van der Waals surface area contributed by atoms with Gasteiger partial charge in [-0.2, -0.15) is 0 Å². The lowest BCUT2D eigenvalue weighted by molar-refractivity contribution is 0.0504. The van der Waals surface area contributed by atoms with E-state index in [-0.39, 0.29) is 43.4 Å². The molecular formula is C27H28N4O6. The van der Waals surface area contributed by atoms with Crippen molar-refractivity contribution in [1.82, 2.24) is 14.7 Å². The van der Waals surface area contributed by atoms with Crippen molar-refractivity contribution in [2.75, 3.05) is 25.8 Å². The highest BCUT2D eigenvalue weighted by Crippen LogP contribution is 2.28. The van der Waals surface area contributed by atoms with Crippen molar-refractivity contribution < 1.29 is 23.8 Å². The van der Waals surface area contributed by atoms with Crippen LogP contribution in [0, 0.1) is 6.92 Å². The lowest BCUT2D eigenvalue weighted by Gasteiger charge is -2.19. The summed E-state index contributed by atoms with van der Waals surface area (Å²) in [5.41, 5.74) is 1.80. The van der Waals surface area contributed by atoms with Gasteiger partial charge in [0.1, 0.15) is 18.7 Å². The molecule has 0 spiro atoms. The Morgan fingerprint density at radius 3 is 2.57 bits per heavy atom. The van der Waals surface area contributed by atoms with Crippen LogP contribution in [0.3, 0.4) is 0 Å². The van der Waals surface area contributed by atoms with E-state index in [0.29, 0.717) is 16.8 Å². The first kappa shape index (κ1) is 25.6. The molecular weight excluding hydrogens is 476 g/mol. The molecule has 0 unspecified atom stereocenters. The van der Waals surface area contributed by atoms with Crippen molar-refractivity contribution in [3.8, 4) is 5.75 Å². The molecule has 0 bridgehead atoms. The standard InChI is InChI=1S/C27H28N4O6/c1-4-35-27(33)23-24(28-14-20-12-8-9-13-21(20)36-17-34-3)22-18(2)29-16-30-25(22)31(26(23)32)37-15-19-10-6-5-7-11-19/h5-13,16,28H,4,14-15,17H2,1-3H3. The molecule has 37 heavy (non-hydrogen) atoms. The summed E-state index contributed by atoms with van der Waals surface area (Å²) in [7, 11) is 1.54. The zero-order valence-electron chi connectivity index (χ0n) is 20.9. The van der Waals surface area contributed by atoms with Crippen LogP contribution in [0.5, 0.6) is 5.75 Å². The second kappa shape index (κ2) is 12.0. The molecule has 2 aromatic heterocycles. The van der Waals surface area contributed by atoms with Crippen molar-refractivity contribution in [3.63, 3.8) is 0 Å². The van der Waals surface area contributed by atoms with E-state index >= 15 is 0 Å². The Kier molecular flexibility index (Phi) is 8.32. The first-order valence-electron chi connectivity index (χ1n) is 11.7. The number of para-hydroxylation sites is 1. The molecule has 0 radical (unpaired) electrons. The molecule has 0 amide bonds. The molecule has 0 saturated heterocycles.